The molecule has 0 bridgehead atoms. The molecule has 2 rings (SSSR count). The first-order valence-electron chi connectivity index (χ1n) is 3.92. The number of hydrogen-bond acceptors (Lipinski definition) is 4. The predicted molar refractivity (Wildman–Crippen MR) is 45.2 cm³/mol. The van der Waals surface area contributed by atoms with Crippen LogP contribution in [0, 0.1) is 0 Å². The van der Waals surface area contributed by atoms with E-state index in [2.05, 4.69) is 14.9 Å². The van der Waals surface area contributed by atoms with E-state index in [1.165, 1.54) is 4.80 Å². The van der Waals surface area contributed by atoms with E-state index < -0.39 is 5.76 Å². The van der Waals surface area contributed by atoms with Crippen LogP contribution in [0.3, 0.4) is 0 Å². The van der Waals surface area contributed by atoms with E-state index in [1.54, 1.807) is 31.4 Å². The zero-order valence-electron chi connectivity index (χ0n) is 7.43. The van der Waals surface area contributed by atoms with E-state index in [9.17, 15) is 4.79 Å². The third-order valence-corrected chi connectivity index (χ3v) is 1.70. The molecule has 1 N–H and O–H groups in total. The second-order valence-electron chi connectivity index (χ2n) is 2.59. The van der Waals surface area contributed by atoms with Gasteiger partial charge in [0.05, 0.1) is 18.0 Å². The Kier molecular flexibility index (Phi) is 2.02. The van der Waals surface area contributed by atoms with Crippen molar-refractivity contribution in [2.24, 2.45) is 0 Å². The highest BCUT2D eigenvalue weighted by Gasteiger charge is 2.12. The quantitative estimate of drug-likeness (QED) is 0.663. The highest BCUT2D eigenvalue weighted by Crippen LogP contribution is 2.10. The molecule has 0 saturated heterocycles. The van der Waals surface area contributed by atoms with Gasteiger partial charge in [0.25, 0.3) is 5.69 Å². The summed E-state index contributed by atoms with van der Waals surface area (Å²) in [4.78, 5) is 11.9. The van der Waals surface area contributed by atoms with Gasteiger partial charge in [0.1, 0.15) is 5.75 Å². The number of aromatic amines is 1. The van der Waals surface area contributed by atoms with Gasteiger partial charge in [-0.1, -0.05) is 11.2 Å². The molecule has 1 aromatic heterocycles. The molecule has 6 nitrogen and oxygen atoms in total. The second-order valence-corrected chi connectivity index (χ2v) is 2.59. The Morgan fingerprint density at radius 3 is 3.07 bits per heavy atom. The molecule has 0 unspecified atom stereocenters. The van der Waals surface area contributed by atoms with Crippen molar-refractivity contribution in [2.75, 3.05) is 7.11 Å². The summed E-state index contributed by atoms with van der Waals surface area (Å²) in [6.07, 6.45) is 0. The average Bonchev–Trinajstić information content (AvgIpc) is 2.65. The molecule has 14 heavy (non-hydrogen) atoms. The van der Waals surface area contributed by atoms with Crippen molar-refractivity contribution in [1.82, 2.24) is 10.4 Å². The first-order valence-corrected chi connectivity index (χ1v) is 3.92. The Labute approximate surface area is 78.7 Å². The van der Waals surface area contributed by atoms with Crippen LogP contribution in [0.1, 0.15) is 0 Å². The van der Waals surface area contributed by atoms with Gasteiger partial charge >= 0.3 is 5.76 Å². The lowest BCUT2D eigenvalue weighted by atomic mass is 10.3. The molecule has 0 aliphatic heterocycles. The summed E-state index contributed by atoms with van der Waals surface area (Å²) >= 11 is 0. The van der Waals surface area contributed by atoms with Crippen molar-refractivity contribution in [1.29, 1.82) is 0 Å². The molecule has 2 aromatic rings. The molecular formula is C8H8N3O3+. The van der Waals surface area contributed by atoms with E-state index in [4.69, 9.17) is 4.74 Å². The molecule has 0 saturated carbocycles. The van der Waals surface area contributed by atoms with Crippen molar-refractivity contribution in [3.05, 3.63) is 34.8 Å². The molecule has 0 spiro atoms. The van der Waals surface area contributed by atoms with Gasteiger partial charge in [-0.05, 0) is 6.07 Å². The van der Waals surface area contributed by atoms with Crippen molar-refractivity contribution >= 4 is 0 Å². The van der Waals surface area contributed by atoms with Crippen molar-refractivity contribution in [3.63, 3.8) is 0 Å². The molecule has 0 fully saturated rings. The second kappa shape index (κ2) is 3.33. The van der Waals surface area contributed by atoms with Crippen LogP contribution in [0.25, 0.3) is 5.69 Å². The number of nitrogens with zero attached hydrogens (tertiary/aromatic N) is 2. The molecule has 0 amide bonds. The lowest BCUT2D eigenvalue weighted by molar-refractivity contribution is -0.725. The molecule has 0 aliphatic rings. The molecule has 1 heterocycles. The van der Waals surface area contributed by atoms with Gasteiger partial charge in [-0.25, -0.2) is 9.32 Å². The number of methoxy groups -OCH3 is 1. The van der Waals surface area contributed by atoms with Crippen LogP contribution in [0.2, 0.25) is 0 Å². The minimum atomic E-state index is -0.604. The van der Waals surface area contributed by atoms with Gasteiger partial charge in [0.2, 0.25) is 5.27 Å². The third-order valence-electron chi connectivity index (χ3n) is 1.70. The standard InChI is InChI=1S/C8H7N3O3/c1-13-7-4-2-3-6(5-7)11-9-8(12)14-10-11/h2-5H,1H3/p+1. The normalized spacial score (nSPS) is 10.1. The van der Waals surface area contributed by atoms with Crippen LogP contribution in [0.5, 0.6) is 5.75 Å². The summed E-state index contributed by atoms with van der Waals surface area (Å²) in [5, 5.41) is 5.85. The Morgan fingerprint density at radius 1 is 1.57 bits per heavy atom. The maximum Gasteiger partial charge on any atom is 0.493 e. The van der Waals surface area contributed by atoms with Crippen LogP contribution in [0.15, 0.2) is 33.6 Å². The molecule has 0 aliphatic carbocycles. The fourth-order valence-corrected chi connectivity index (χ4v) is 1.06. The summed E-state index contributed by atoms with van der Waals surface area (Å²) in [7, 11) is 1.56. The summed E-state index contributed by atoms with van der Waals surface area (Å²) in [5.74, 6) is 0.0756. The SMILES string of the molecule is COc1cccc(-[n+]2noc(=O)[nH]2)c1. The van der Waals surface area contributed by atoms with Gasteiger partial charge < -0.3 is 4.74 Å². The summed E-state index contributed by atoms with van der Waals surface area (Å²) < 4.78 is 9.37. The number of rotatable bonds is 2. The third kappa shape index (κ3) is 1.49. The number of H-pyrrole nitrogens is 1. The monoisotopic (exact) mass is 194 g/mol. The minimum absolute atomic E-state index is 0.604. The zero-order chi connectivity index (χ0) is 9.97. The Bertz CT molecular complexity index is 488. The smallest absolute Gasteiger partial charge is 0.493 e. The maximum atomic E-state index is 10.7. The highest BCUT2D eigenvalue weighted by molar-refractivity contribution is 5.32. The number of hydrogen-bond donors (Lipinski definition) is 1. The lowest BCUT2D eigenvalue weighted by Gasteiger charge is -1.95. The Morgan fingerprint density at radius 2 is 2.43 bits per heavy atom. The van der Waals surface area contributed by atoms with E-state index in [0.29, 0.717) is 11.4 Å². The first-order chi connectivity index (χ1) is 6.79. The number of ether oxygens (including phenoxy) is 1. The van der Waals surface area contributed by atoms with Crippen LogP contribution >= 0.6 is 0 Å². The lowest BCUT2D eigenvalue weighted by Crippen LogP contribution is -2.37. The van der Waals surface area contributed by atoms with Gasteiger partial charge in [-0.15, -0.1) is 0 Å². The fraction of sp³-hybridized carbons (Fsp3) is 0.125. The number of benzene rings is 1. The van der Waals surface area contributed by atoms with Crippen LogP contribution < -0.4 is 15.3 Å². The Hall–Kier alpha value is -2.11. The average molecular weight is 194 g/mol. The largest absolute Gasteiger partial charge is 0.497 e. The molecule has 1 aromatic carbocycles. The first kappa shape index (κ1) is 8.49. The van der Waals surface area contributed by atoms with Gasteiger partial charge in [-0.3, -0.25) is 0 Å². The van der Waals surface area contributed by atoms with Crippen molar-refractivity contribution < 1.29 is 14.1 Å². The summed E-state index contributed by atoms with van der Waals surface area (Å²) in [5.41, 5.74) is 0.662. The van der Waals surface area contributed by atoms with Gasteiger partial charge in [0.15, 0.2) is 0 Å². The molecule has 0 radical (unpaired) electrons. The van der Waals surface area contributed by atoms with Gasteiger partial charge in [-0.2, -0.15) is 0 Å². The van der Waals surface area contributed by atoms with Crippen molar-refractivity contribution in [2.45, 2.75) is 0 Å². The van der Waals surface area contributed by atoms with Gasteiger partial charge in [0, 0.05) is 6.07 Å². The number of aromatic nitrogens is 3. The summed E-state index contributed by atoms with van der Waals surface area (Å²) in [6.45, 7) is 0. The van der Waals surface area contributed by atoms with E-state index in [-0.39, 0.29) is 0 Å². The highest BCUT2D eigenvalue weighted by atomic mass is 16.5. The minimum Gasteiger partial charge on any atom is -0.497 e. The number of nitrogens with one attached hydrogen (secondary N) is 1. The predicted octanol–water partition coefficient (Wildman–Crippen LogP) is -0.352. The van der Waals surface area contributed by atoms with Crippen molar-refractivity contribution in [3.8, 4) is 11.4 Å². The summed E-state index contributed by atoms with van der Waals surface area (Å²) in [6, 6.07) is 7.07. The topological polar surface area (TPSA) is 72.0 Å². The molecule has 6 heteroatoms. The van der Waals surface area contributed by atoms with E-state index in [0.717, 1.165) is 0 Å². The fourth-order valence-electron chi connectivity index (χ4n) is 1.06. The zero-order valence-corrected chi connectivity index (χ0v) is 7.43. The molecular weight excluding hydrogens is 186 g/mol. The van der Waals surface area contributed by atoms with Crippen LogP contribution in [-0.2, 0) is 0 Å². The van der Waals surface area contributed by atoms with Crippen LogP contribution in [0.4, 0.5) is 0 Å². The maximum absolute atomic E-state index is 10.7. The Balaban J connectivity index is 2.46. The molecule has 0 atom stereocenters. The van der Waals surface area contributed by atoms with E-state index >= 15 is 0 Å². The van der Waals surface area contributed by atoms with Crippen LogP contribution in [-0.4, -0.2) is 17.5 Å². The molecule has 72 valence electrons. The van der Waals surface area contributed by atoms with E-state index in [1.807, 2.05) is 0 Å².